The van der Waals surface area contributed by atoms with Crippen molar-refractivity contribution in [2.24, 2.45) is 0 Å². The maximum Gasteiger partial charge on any atom is 0.217 e. The number of carbonyl (C=O) groups excluding carboxylic acids is 1. The van der Waals surface area contributed by atoms with Crippen LogP contribution in [0.2, 0.25) is 0 Å². The van der Waals surface area contributed by atoms with Gasteiger partial charge in [0.25, 0.3) is 0 Å². The van der Waals surface area contributed by atoms with Gasteiger partial charge in [-0.2, -0.15) is 0 Å². The molecule has 0 radical (unpaired) electrons. The van der Waals surface area contributed by atoms with E-state index in [2.05, 4.69) is 22.1 Å². The van der Waals surface area contributed by atoms with Crippen molar-refractivity contribution >= 4 is 5.91 Å². The first-order valence-corrected chi connectivity index (χ1v) is 6.96. The summed E-state index contributed by atoms with van der Waals surface area (Å²) in [6.07, 6.45) is 0.890. The van der Waals surface area contributed by atoms with E-state index in [0.29, 0.717) is 17.7 Å². The van der Waals surface area contributed by atoms with E-state index in [1.807, 2.05) is 0 Å². The predicted octanol–water partition coefficient (Wildman–Crippen LogP) is 0.880. The molecule has 0 saturated carbocycles. The Balaban J connectivity index is 1.96. The van der Waals surface area contributed by atoms with Gasteiger partial charge in [0, 0.05) is 43.7 Å². The Morgan fingerprint density at radius 3 is 3.05 bits per heavy atom. The lowest BCUT2D eigenvalue weighted by atomic mass is 10.1. The molecule has 1 fully saturated rings. The van der Waals surface area contributed by atoms with E-state index in [1.165, 1.54) is 13.0 Å². The quantitative estimate of drug-likeness (QED) is 0.813. The Kier molecular flexibility index (Phi) is 5.32. The van der Waals surface area contributed by atoms with Crippen LogP contribution in [0.4, 0.5) is 4.39 Å². The Morgan fingerprint density at radius 1 is 1.57 bits per heavy atom. The van der Waals surface area contributed by atoms with Crippen molar-refractivity contribution in [2.45, 2.75) is 25.9 Å². The molecule has 2 N–H and O–H groups in total. The predicted molar refractivity (Wildman–Crippen MR) is 77.9 cm³/mol. The zero-order valence-corrected chi connectivity index (χ0v) is 12.0. The fourth-order valence-corrected chi connectivity index (χ4v) is 2.52. The first-order valence-electron chi connectivity index (χ1n) is 6.96. The Bertz CT molecular complexity index is 577. The first-order chi connectivity index (χ1) is 10.1. The van der Waals surface area contributed by atoms with Gasteiger partial charge in [0.1, 0.15) is 12.4 Å². The van der Waals surface area contributed by atoms with Gasteiger partial charge in [-0.25, -0.2) is 4.39 Å². The third kappa shape index (κ3) is 4.55. The normalized spacial score (nSPS) is 18.1. The Labute approximate surface area is 124 Å². The van der Waals surface area contributed by atoms with Gasteiger partial charge in [-0.15, -0.1) is 0 Å². The van der Waals surface area contributed by atoms with Crippen molar-refractivity contribution in [1.82, 2.24) is 10.2 Å². The summed E-state index contributed by atoms with van der Waals surface area (Å²) >= 11 is 0. The number of halogens is 1. The minimum atomic E-state index is -0.289. The second-order valence-corrected chi connectivity index (χ2v) is 5.19. The van der Waals surface area contributed by atoms with Crippen LogP contribution in [0.3, 0.4) is 0 Å². The maximum absolute atomic E-state index is 14.0. The van der Waals surface area contributed by atoms with Gasteiger partial charge in [0.2, 0.25) is 5.91 Å². The summed E-state index contributed by atoms with van der Waals surface area (Å²) < 4.78 is 14.0. The fraction of sp³-hybridized carbons (Fsp3) is 0.438. The summed E-state index contributed by atoms with van der Waals surface area (Å²) in [7, 11) is 0. The summed E-state index contributed by atoms with van der Waals surface area (Å²) in [6, 6.07) is 5.02. The molecular formula is C16H19FN2O2. The van der Waals surface area contributed by atoms with Crippen LogP contribution in [0.15, 0.2) is 18.2 Å². The number of benzene rings is 1. The van der Waals surface area contributed by atoms with Crippen LogP contribution in [0.5, 0.6) is 0 Å². The van der Waals surface area contributed by atoms with Crippen LogP contribution in [0.25, 0.3) is 0 Å². The van der Waals surface area contributed by atoms with Gasteiger partial charge in [0.05, 0.1) is 0 Å². The average Bonchev–Trinajstić information content (AvgIpc) is 2.85. The van der Waals surface area contributed by atoms with Gasteiger partial charge in [-0.1, -0.05) is 17.9 Å². The number of carbonyl (C=O) groups is 1. The lowest BCUT2D eigenvalue weighted by Gasteiger charge is -2.16. The van der Waals surface area contributed by atoms with Gasteiger partial charge in [0.15, 0.2) is 0 Å². The molecule has 1 unspecified atom stereocenters. The summed E-state index contributed by atoms with van der Waals surface area (Å²) in [6.45, 7) is 3.38. The lowest BCUT2D eigenvalue weighted by molar-refractivity contribution is -0.119. The molecule has 1 aliphatic heterocycles. The number of nitrogens with zero attached hydrogens (tertiary/aromatic N) is 1. The molecule has 1 amide bonds. The highest BCUT2D eigenvalue weighted by Gasteiger charge is 2.23. The molecule has 1 aromatic rings. The fourth-order valence-electron chi connectivity index (χ4n) is 2.52. The molecule has 1 aliphatic rings. The van der Waals surface area contributed by atoms with Crippen molar-refractivity contribution in [3.05, 3.63) is 35.1 Å². The largest absolute Gasteiger partial charge is 0.384 e. The van der Waals surface area contributed by atoms with Crippen LogP contribution >= 0.6 is 0 Å². The maximum atomic E-state index is 14.0. The highest BCUT2D eigenvalue weighted by atomic mass is 19.1. The van der Waals surface area contributed by atoms with Crippen LogP contribution < -0.4 is 5.32 Å². The Hall–Kier alpha value is -1.90. The highest BCUT2D eigenvalue weighted by molar-refractivity contribution is 5.73. The standard InChI is InChI=1S/C16H19FN2O2/c1-12(21)18-15-6-7-19(11-15)10-14-5-4-13(3-2-8-20)9-16(14)17/h4-5,9,15,20H,6-8,10-11H2,1H3,(H,18,21). The number of amides is 1. The third-order valence-electron chi connectivity index (χ3n) is 3.44. The molecule has 1 saturated heterocycles. The van der Waals surface area contributed by atoms with Crippen LogP contribution in [-0.2, 0) is 11.3 Å². The second-order valence-electron chi connectivity index (χ2n) is 5.19. The highest BCUT2D eigenvalue weighted by Crippen LogP contribution is 2.17. The summed E-state index contributed by atoms with van der Waals surface area (Å²) in [5.41, 5.74) is 1.18. The molecular weight excluding hydrogens is 271 g/mol. The molecule has 1 aromatic carbocycles. The molecule has 21 heavy (non-hydrogen) atoms. The molecule has 112 valence electrons. The van der Waals surface area contributed by atoms with E-state index < -0.39 is 0 Å². The van der Waals surface area contributed by atoms with Crippen molar-refractivity contribution in [1.29, 1.82) is 0 Å². The average molecular weight is 290 g/mol. The molecule has 1 heterocycles. The number of hydrogen-bond acceptors (Lipinski definition) is 3. The monoisotopic (exact) mass is 290 g/mol. The first kappa shape index (κ1) is 15.5. The van der Waals surface area contributed by atoms with Crippen LogP contribution in [-0.4, -0.2) is 41.7 Å². The van der Waals surface area contributed by atoms with Gasteiger partial charge < -0.3 is 10.4 Å². The van der Waals surface area contributed by atoms with E-state index >= 15 is 0 Å². The zero-order valence-electron chi connectivity index (χ0n) is 12.0. The number of aliphatic hydroxyl groups excluding tert-OH is 1. The number of nitrogens with one attached hydrogen (secondary N) is 1. The SMILES string of the molecule is CC(=O)NC1CCN(Cc2ccc(C#CCO)cc2F)C1. The van der Waals surface area contributed by atoms with E-state index in [4.69, 9.17) is 5.11 Å². The topological polar surface area (TPSA) is 52.6 Å². The van der Waals surface area contributed by atoms with Crippen molar-refractivity contribution in [3.63, 3.8) is 0 Å². The molecule has 0 spiro atoms. The van der Waals surface area contributed by atoms with E-state index in [0.717, 1.165) is 19.5 Å². The molecule has 2 rings (SSSR count). The molecule has 0 bridgehead atoms. The zero-order chi connectivity index (χ0) is 15.2. The number of aliphatic hydroxyl groups is 1. The molecule has 1 atom stereocenters. The molecule has 0 aromatic heterocycles. The summed E-state index contributed by atoms with van der Waals surface area (Å²) in [5, 5.41) is 11.5. The lowest BCUT2D eigenvalue weighted by Crippen LogP contribution is -2.35. The third-order valence-corrected chi connectivity index (χ3v) is 3.44. The number of likely N-dealkylation sites (tertiary alicyclic amines) is 1. The van der Waals surface area contributed by atoms with Crippen LogP contribution in [0, 0.1) is 17.7 Å². The van der Waals surface area contributed by atoms with Crippen molar-refractivity contribution in [3.8, 4) is 11.8 Å². The van der Waals surface area contributed by atoms with Crippen molar-refractivity contribution < 1.29 is 14.3 Å². The minimum absolute atomic E-state index is 0.0279. The number of hydrogen-bond donors (Lipinski definition) is 2. The van der Waals surface area contributed by atoms with E-state index in [9.17, 15) is 9.18 Å². The van der Waals surface area contributed by atoms with Crippen LogP contribution in [0.1, 0.15) is 24.5 Å². The molecule has 5 heteroatoms. The van der Waals surface area contributed by atoms with Crippen molar-refractivity contribution in [2.75, 3.05) is 19.7 Å². The van der Waals surface area contributed by atoms with Gasteiger partial charge in [-0.05, 0) is 18.6 Å². The van der Waals surface area contributed by atoms with Gasteiger partial charge in [-0.3, -0.25) is 9.69 Å². The summed E-state index contributed by atoms with van der Waals surface area (Å²) in [4.78, 5) is 13.1. The summed E-state index contributed by atoms with van der Waals surface area (Å²) in [5.74, 6) is 4.86. The second kappa shape index (κ2) is 7.21. The number of rotatable bonds is 3. The molecule has 0 aliphatic carbocycles. The van der Waals surface area contributed by atoms with Gasteiger partial charge >= 0.3 is 0 Å². The van der Waals surface area contributed by atoms with E-state index in [1.54, 1.807) is 12.1 Å². The molecule has 4 nitrogen and oxygen atoms in total. The smallest absolute Gasteiger partial charge is 0.217 e. The van der Waals surface area contributed by atoms with E-state index in [-0.39, 0.29) is 24.4 Å². The Morgan fingerprint density at radius 2 is 2.38 bits per heavy atom. The minimum Gasteiger partial charge on any atom is -0.384 e.